The predicted octanol–water partition coefficient (Wildman–Crippen LogP) is 3.29. The summed E-state index contributed by atoms with van der Waals surface area (Å²) in [4.78, 5) is 16.1. The molecule has 0 aliphatic rings. The van der Waals surface area contributed by atoms with Crippen LogP contribution in [-0.4, -0.2) is 46.0 Å². The summed E-state index contributed by atoms with van der Waals surface area (Å²) in [7, 11) is -6.93. The van der Waals surface area contributed by atoms with Crippen molar-refractivity contribution in [3.63, 3.8) is 0 Å². The van der Waals surface area contributed by atoms with Crippen LogP contribution in [0.1, 0.15) is 33.4 Å². The zero-order valence-corrected chi connectivity index (χ0v) is 21.5. The van der Waals surface area contributed by atoms with Crippen molar-refractivity contribution in [2.75, 3.05) is 22.7 Å². The third kappa shape index (κ3) is 7.49. The molecule has 0 saturated carbocycles. The van der Waals surface area contributed by atoms with Crippen LogP contribution in [0.5, 0.6) is 0 Å². The van der Waals surface area contributed by atoms with Crippen LogP contribution in [0.2, 0.25) is 0 Å². The first-order chi connectivity index (χ1) is 16.5. The zero-order chi connectivity index (χ0) is 25.6. The highest BCUT2D eigenvalue weighted by atomic mass is 32.2. The second-order valence-electron chi connectivity index (χ2n) is 7.49. The predicted molar refractivity (Wildman–Crippen MR) is 135 cm³/mol. The molecular formula is C22H25N3O7S3. The Morgan fingerprint density at radius 1 is 1.06 bits per heavy atom. The Bertz CT molecular complexity index is 1370. The molecule has 35 heavy (non-hydrogen) atoms. The van der Waals surface area contributed by atoms with Gasteiger partial charge < -0.3 is 4.74 Å². The number of carbonyl (C=O) groups excluding carboxylic acids is 1. The Morgan fingerprint density at radius 3 is 2.23 bits per heavy atom. The minimum absolute atomic E-state index is 0.112. The molecule has 1 aromatic heterocycles. The van der Waals surface area contributed by atoms with Crippen molar-refractivity contribution in [2.45, 2.75) is 25.5 Å². The summed E-state index contributed by atoms with van der Waals surface area (Å²) in [5.74, 6) is -0.457. The van der Waals surface area contributed by atoms with Gasteiger partial charge >= 0.3 is 16.3 Å². The minimum Gasteiger partial charge on any atom is -0.465 e. The fourth-order valence-corrected chi connectivity index (χ4v) is 5.99. The maximum Gasteiger partial charge on any atom is 0.357 e. The van der Waals surface area contributed by atoms with Gasteiger partial charge in [-0.3, -0.25) is 13.6 Å². The Kier molecular flexibility index (Phi) is 8.48. The van der Waals surface area contributed by atoms with Gasteiger partial charge in [-0.25, -0.2) is 18.2 Å². The fourth-order valence-electron chi connectivity index (χ4n) is 3.24. The summed E-state index contributed by atoms with van der Waals surface area (Å²) in [5.41, 5.74) is 1.78. The van der Waals surface area contributed by atoms with Gasteiger partial charge in [-0.1, -0.05) is 31.2 Å². The number of sulfonamides is 1. The van der Waals surface area contributed by atoms with Crippen molar-refractivity contribution in [3.05, 3.63) is 75.6 Å². The smallest absolute Gasteiger partial charge is 0.357 e. The second-order valence-corrected chi connectivity index (χ2v) is 11.5. The molecule has 0 spiro atoms. The van der Waals surface area contributed by atoms with Crippen LogP contribution >= 0.6 is 11.3 Å². The van der Waals surface area contributed by atoms with Crippen LogP contribution < -0.4 is 9.03 Å². The molecule has 0 amide bonds. The zero-order valence-electron chi connectivity index (χ0n) is 19.0. The lowest BCUT2D eigenvalue weighted by Crippen LogP contribution is -2.34. The average Bonchev–Trinajstić information content (AvgIpc) is 3.27. The van der Waals surface area contributed by atoms with Gasteiger partial charge in [0.1, 0.15) is 0 Å². The molecule has 0 aliphatic carbocycles. The number of nitrogens with one attached hydrogen (secondary N) is 1. The number of anilines is 2. The Morgan fingerprint density at radius 2 is 1.69 bits per heavy atom. The van der Waals surface area contributed by atoms with Crippen molar-refractivity contribution in [3.8, 4) is 0 Å². The van der Waals surface area contributed by atoms with E-state index in [0.717, 1.165) is 10.6 Å². The van der Waals surface area contributed by atoms with E-state index in [1.165, 1.54) is 47.0 Å². The molecule has 0 atom stereocenters. The van der Waals surface area contributed by atoms with Gasteiger partial charge in [0.2, 0.25) is 10.0 Å². The SMILES string of the molecule is CCc1nc(N(CCc2ccc(NS(=O)(=O)O)cc2)S(=O)(=O)Cc2ccc(C(=O)OC)cc2)cs1. The molecule has 0 radical (unpaired) electrons. The Balaban J connectivity index is 1.80. The molecule has 10 nitrogen and oxygen atoms in total. The Labute approximate surface area is 208 Å². The number of rotatable bonds is 11. The number of benzene rings is 2. The van der Waals surface area contributed by atoms with Crippen molar-refractivity contribution in [2.24, 2.45) is 0 Å². The number of hydrogen-bond acceptors (Lipinski definition) is 8. The molecule has 0 aliphatic heterocycles. The van der Waals surface area contributed by atoms with Gasteiger partial charge in [-0.15, -0.1) is 11.3 Å². The lowest BCUT2D eigenvalue weighted by atomic mass is 10.1. The van der Waals surface area contributed by atoms with E-state index in [9.17, 15) is 21.6 Å². The van der Waals surface area contributed by atoms with E-state index < -0.39 is 26.3 Å². The molecule has 3 rings (SSSR count). The fraction of sp³-hybridized carbons (Fsp3) is 0.273. The van der Waals surface area contributed by atoms with Gasteiger partial charge in [0.15, 0.2) is 5.82 Å². The van der Waals surface area contributed by atoms with Crippen molar-refractivity contribution < 1.29 is 30.9 Å². The highest BCUT2D eigenvalue weighted by molar-refractivity contribution is 7.92. The number of aryl methyl sites for hydroxylation is 1. The van der Waals surface area contributed by atoms with Crippen LogP contribution in [0.3, 0.4) is 0 Å². The van der Waals surface area contributed by atoms with Crippen molar-refractivity contribution in [1.82, 2.24) is 4.98 Å². The van der Waals surface area contributed by atoms with E-state index >= 15 is 0 Å². The van der Waals surface area contributed by atoms with Gasteiger partial charge in [-0.2, -0.15) is 8.42 Å². The van der Waals surface area contributed by atoms with Gasteiger partial charge in [0, 0.05) is 11.9 Å². The summed E-state index contributed by atoms with van der Waals surface area (Å²) < 4.78 is 65.5. The Hall–Kier alpha value is -3.00. The number of hydrogen-bond donors (Lipinski definition) is 2. The summed E-state index contributed by atoms with van der Waals surface area (Å²) in [6.07, 6.45) is 1.02. The molecular weight excluding hydrogens is 514 g/mol. The van der Waals surface area contributed by atoms with Gasteiger partial charge in [0.25, 0.3) is 0 Å². The molecule has 0 bridgehead atoms. The first-order valence-corrected chi connectivity index (χ1v) is 14.4. The number of nitrogens with zero attached hydrogens (tertiary/aromatic N) is 2. The van der Waals surface area contributed by atoms with E-state index in [1.54, 1.807) is 29.6 Å². The third-order valence-electron chi connectivity index (χ3n) is 4.96. The number of ether oxygens (including phenoxy) is 1. The molecule has 0 fully saturated rings. The normalized spacial score (nSPS) is 11.7. The van der Waals surface area contributed by atoms with E-state index in [2.05, 4.69) is 9.72 Å². The van der Waals surface area contributed by atoms with Crippen LogP contribution in [0.15, 0.2) is 53.9 Å². The lowest BCUT2D eigenvalue weighted by Gasteiger charge is -2.22. The summed E-state index contributed by atoms with van der Waals surface area (Å²) in [5, 5.41) is 2.51. The number of esters is 1. The maximum absolute atomic E-state index is 13.4. The topological polar surface area (TPSA) is 143 Å². The summed E-state index contributed by atoms with van der Waals surface area (Å²) in [6.45, 7) is 2.05. The first-order valence-electron chi connectivity index (χ1n) is 10.5. The van der Waals surface area contributed by atoms with E-state index in [4.69, 9.17) is 4.55 Å². The molecule has 1 heterocycles. The highest BCUT2D eigenvalue weighted by Gasteiger charge is 2.25. The molecule has 188 valence electrons. The summed E-state index contributed by atoms with van der Waals surface area (Å²) in [6, 6.07) is 12.4. The van der Waals surface area contributed by atoms with Crippen LogP contribution in [0.4, 0.5) is 11.5 Å². The van der Waals surface area contributed by atoms with Gasteiger partial charge in [-0.05, 0) is 48.2 Å². The largest absolute Gasteiger partial charge is 0.465 e. The molecule has 2 aromatic carbocycles. The molecule has 0 unspecified atom stereocenters. The molecule has 13 heteroatoms. The highest BCUT2D eigenvalue weighted by Crippen LogP contribution is 2.25. The standard InChI is InChI=1S/C22H25N3O7S3/c1-3-21-23-20(14-33-21)25(13-12-16-6-10-19(11-7-16)24-35(29,30)31)34(27,28)15-17-4-8-18(9-5-17)22(26)32-2/h4-11,14,24H,3,12-13,15H2,1-2H3,(H,29,30,31). The van der Waals surface area contributed by atoms with Crippen molar-refractivity contribution in [1.29, 1.82) is 0 Å². The number of methoxy groups -OCH3 is 1. The second kappa shape index (κ2) is 11.2. The van der Waals surface area contributed by atoms with E-state index in [0.29, 0.717) is 29.8 Å². The first kappa shape index (κ1) is 26.6. The molecule has 0 saturated heterocycles. The quantitative estimate of drug-likeness (QED) is 0.279. The molecule has 3 aromatic rings. The van der Waals surface area contributed by atoms with Crippen LogP contribution in [-0.2, 0) is 43.7 Å². The minimum atomic E-state index is -4.38. The van der Waals surface area contributed by atoms with E-state index in [-0.39, 0.29) is 18.0 Å². The third-order valence-corrected chi connectivity index (χ3v) is 8.18. The lowest BCUT2D eigenvalue weighted by molar-refractivity contribution is 0.0600. The van der Waals surface area contributed by atoms with E-state index in [1.807, 2.05) is 11.6 Å². The monoisotopic (exact) mass is 539 g/mol. The van der Waals surface area contributed by atoms with Crippen LogP contribution in [0, 0.1) is 0 Å². The number of carbonyl (C=O) groups is 1. The van der Waals surface area contributed by atoms with Crippen LogP contribution in [0.25, 0.3) is 0 Å². The van der Waals surface area contributed by atoms with Crippen molar-refractivity contribution >= 4 is 49.1 Å². The average molecular weight is 540 g/mol. The number of thiazole rings is 1. The summed E-state index contributed by atoms with van der Waals surface area (Å²) >= 11 is 1.38. The van der Waals surface area contributed by atoms with Gasteiger partial charge in [0.05, 0.1) is 29.1 Å². The maximum atomic E-state index is 13.4. The number of aromatic nitrogens is 1. The molecule has 2 N–H and O–H groups in total.